The largest absolute Gasteiger partial charge is 0.343 e. The van der Waals surface area contributed by atoms with Crippen molar-refractivity contribution in [2.24, 2.45) is 5.92 Å². The number of aryl methyl sites for hydroxylation is 3. The van der Waals surface area contributed by atoms with E-state index >= 15 is 0 Å². The van der Waals surface area contributed by atoms with Crippen molar-refractivity contribution < 1.29 is 4.79 Å². The van der Waals surface area contributed by atoms with Crippen LogP contribution in [0.3, 0.4) is 0 Å². The summed E-state index contributed by atoms with van der Waals surface area (Å²) in [6.45, 7) is 7.31. The van der Waals surface area contributed by atoms with Gasteiger partial charge in [-0.25, -0.2) is 0 Å². The Balaban J connectivity index is 1.69. The fraction of sp³-hybridized carbons (Fsp3) is 0.706. The monoisotopic (exact) mass is 308 g/mol. The van der Waals surface area contributed by atoms with Gasteiger partial charge < -0.3 is 10.2 Å². The minimum absolute atomic E-state index is 0.350. The van der Waals surface area contributed by atoms with Gasteiger partial charge in [-0.1, -0.05) is 0 Å². The highest BCUT2D eigenvalue weighted by atomic mass is 32.1. The van der Waals surface area contributed by atoms with E-state index in [2.05, 4.69) is 30.1 Å². The molecule has 1 aromatic rings. The number of piperidine rings is 1. The van der Waals surface area contributed by atoms with Gasteiger partial charge in [0.25, 0.3) is 0 Å². The number of amides is 1. The molecule has 1 N–H and O–H groups in total. The molecule has 1 fully saturated rings. The van der Waals surface area contributed by atoms with Crippen molar-refractivity contribution in [1.29, 1.82) is 0 Å². The summed E-state index contributed by atoms with van der Waals surface area (Å²) in [7, 11) is 2.01. The highest BCUT2D eigenvalue weighted by Crippen LogP contribution is 2.23. The number of hydrogen-bond donors (Lipinski definition) is 1. The third-order valence-corrected chi connectivity index (χ3v) is 5.45. The normalized spacial score (nSPS) is 16.4. The van der Waals surface area contributed by atoms with E-state index in [0.29, 0.717) is 12.3 Å². The first-order valence-electron chi connectivity index (χ1n) is 8.08. The van der Waals surface area contributed by atoms with Gasteiger partial charge in [-0.3, -0.25) is 4.79 Å². The summed E-state index contributed by atoms with van der Waals surface area (Å²) in [6, 6.07) is 2.27. The van der Waals surface area contributed by atoms with E-state index in [4.69, 9.17) is 0 Å². The second-order valence-corrected chi connectivity index (χ2v) is 7.63. The van der Waals surface area contributed by atoms with Crippen molar-refractivity contribution in [3.05, 3.63) is 21.4 Å². The quantitative estimate of drug-likeness (QED) is 0.875. The molecule has 1 aromatic heterocycles. The average molecular weight is 308 g/mol. The van der Waals surface area contributed by atoms with Crippen LogP contribution in [0.25, 0.3) is 0 Å². The number of nitrogens with zero attached hydrogens (tertiary/aromatic N) is 1. The molecule has 1 aliphatic heterocycles. The number of thiophene rings is 1. The fourth-order valence-electron chi connectivity index (χ4n) is 3.20. The number of carbonyl (C=O) groups is 1. The zero-order valence-corrected chi connectivity index (χ0v) is 14.4. The van der Waals surface area contributed by atoms with Crippen LogP contribution in [0.5, 0.6) is 0 Å². The summed E-state index contributed by atoms with van der Waals surface area (Å²) >= 11 is 1.86. The van der Waals surface area contributed by atoms with Crippen molar-refractivity contribution >= 4 is 17.2 Å². The molecule has 0 aliphatic carbocycles. The van der Waals surface area contributed by atoms with Crippen molar-refractivity contribution in [3.63, 3.8) is 0 Å². The van der Waals surface area contributed by atoms with Crippen molar-refractivity contribution in [1.82, 2.24) is 10.2 Å². The smallest absolute Gasteiger partial charge is 0.222 e. The Kier molecular flexibility index (Phi) is 6.24. The van der Waals surface area contributed by atoms with E-state index < -0.39 is 0 Å². The van der Waals surface area contributed by atoms with Crippen LogP contribution in [0.15, 0.2) is 6.07 Å². The van der Waals surface area contributed by atoms with Crippen LogP contribution in [0.4, 0.5) is 0 Å². The highest BCUT2D eigenvalue weighted by Gasteiger charge is 2.21. The van der Waals surface area contributed by atoms with Gasteiger partial charge in [0.2, 0.25) is 5.91 Å². The molecule has 0 spiro atoms. The molecule has 0 bridgehead atoms. The van der Waals surface area contributed by atoms with E-state index in [0.717, 1.165) is 51.2 Å². The molecule has 1 saturated heterocycles. The third-order valence-electron chi connectivity index (χ3n) is 4.44. The number of likely N-dealkylation sites (tertiary alicyclic amines) is 1. The van der Waals surface area contributed by atoms with Crippen LogP contribution < -0.4 is 5.32 Å². The number of carbonyl (C=O) groups excluding carboxylic acids is 1. The van der Waals surface area contributed by atoms with Gasteiger partial charge >= 0.3 is 0 Å². The minimum atomic E-state index is 0.350. The molecule has 1 aliphatic rings. The second-order valence-electron chi connectivity index (χ2n) is 6.17. The van der Waals surface area contributed by atoms with Gasteiger partial charge in [0.05, 0.1) is 0 Å². The molecule has 118 valence electrons. The lowest BCUT2D eigenvalue weighted by Gasteiger charge is -2.32. The number of hydrogen-bond acceptors (Lipinski definition) is 3. The molecule has 2 heterocycles. The molecule has 2 rings (SSSR count). The lowest BCUT2D eigenvalue weighted by Crippen LogP contribution is -2.40. The van der Waals surface area contributed by atoms with Gasteiger partial charge in [0.1, 0.15) is 0 Å². The SMILES string of the molecule is CNCC1CCN(C(=O)CCCc2cc(C)sc2C)CC1. The second kappa shape index (κ2) is 7.95. The van der Waals surface area contributed by atoms with Crippen LogP contribution in [0, 0.1) is 19.8 Å². The molecule has 0 unspecified atom stereocenters. The Hall–Kier alpha value is -0.870. The summed E-state index contributed by atoms with van der Waals surface area (Å²) in [5.41, 5.74) is 1.43. The molecule has 1 amide bonds. The fourth-order valence-corrected chi connectivity index (χ4v) is 4.17. The average Bonchev–Trinajstić information content (AvgIpc) is 2.78. The van der Waals surface area contributed by atoms with Crippen LogP contribution in [0.2, 0.25) is 0 Å². The Labute approximate surface area is 132 Å². The standard InChI is InChI=1S/C17H28N2OS/c1-13-11-16(14(2)21-13)5-4-6-17(20)19-9-7-15(8-10-19)12-18-3/h11,15,18H,4-10,12H2,1-3H3. The Bertz CT molecular complexity index is 461. The maximum Gasteiger partial charge on any atom is 0.222 e. The maximum absolute atomic E-state index is 12.3. The summed E-state index contributed by atoms with van der Waals surface area (Å²) < 4.78 is 0. The highest BCUT2D eigenvalue weighted by molar-refractivity contribution is 7.12. The van der Waals surface area contributed by atoms with Gasteiger partial charge in [-0.2, -0.15) is 0 Å². The number of rotatable bonds is 6. The van der Waals surface area contributed by atoms with E-state index in [1.807, 2.05) is 18.4 Å². The molecular weight excluding hydrogens is 280 g/mol. The molecule has 21 heavy (non-hydrogen) atoms. The lowest BCUT2D eigenvalue weighted by molar-refractivity contribution is -0.132. The molecule has 3 nitrogen and oxygen atoms in total. The Morgan fingerprint density at radius 2 is 2.10 bits per heavy atom. The molecule has 4 heteroatoms. The first-order valence-corrected chi connectivity index (χ1v) is 8.90. The molecule has 0 aromatic carbocycles. The Morgan fingerprint density at radius 3 is 2.67 bits per heavy atom. The summed E-state index contributed by atoms with van der Waals surface area (Å²) in [5.74, 6) is 1.10. The van der Waals surface area contributed by atoms with Crippen LogP contribution in [-0.4, -0.2) is 37.5 Å². The zero-order valence-electron chi connectivity index (χ0n) is 13.6. The van der Waals surface area contributed by atoms with Gasteiger partial charge in [0, 0.05) is 29.3 Å². The summed E-state index contributed by atoms with van der Waals surface area (Å²) in [4.78, 5) is 17.1. The van der Waals surface area contributed by atoms with Gasteiger partial charge in [-0.15, -0.1) is 11.3 Å². The summed E-state index contributed by atoms with van der Waals surface area (Å²) in [5, 5.41) is 3.24. The predicted molar refractivity (Wildman–Crippen MR) is 90.0 cm³/mol. The number of nitrogens with one attached hydrogen (secondary N) is 1. The summed E-state index contributed by atoms with van der Waals surface area (Å²) in [6.07, 6.45) is 5.01. The first-order chi connectivity index (χ1) is 10.1. The molecule has 0 radical (unpaired) electrons. The van der Waals surface area contributed by atoms with E-state index in [9.17, 15) is 4.79 Å². The van der Waals surface area contributed by atoms with Gasteiger partial charge in [-0.05, 0) is 70.7 Å². The third kappa shape index (κ3) is 4.82. The molecule has 0 saturated carbocycles. The first kappa shape index (κ1) is 16.5. The minimum Gasteiger partial charge on any atom is -0.343 e. The van der Waals surface area contributed by atoms with Gasteiger partial charge in [0.15, 0.2) is 0 Å². The predicted octanol–water partition coefficient (Wildman–Crippen LogP) is 3.15. The van der Waals surface area contributed by atoms with Crippen LogP contribution >= 0.6 is 11.3 Å². The topological polar surface area (TPSA) is 32.3 Å². The van der Waals surface area contributed by atoms with E-state index in [1.54, 1.807) is 0 Å². The Morgan fingerprint density at radius 1 is 1.38 bits per heavy atom. The van der Waals surface area contributed by atoms with Crippen molar-refractivity contribution in [3.8, 4) is 0 Å². The maximum atomic E-state index is 12.3. The lowest BCUT2D eigenvalue weighted by atomic mass is 9.96. The molecular formula is C17H28N2OS. The van der Waals surface area contributed by atoms with E-state index in [1.165, 1.54) is 15.3 Å². The zero-order chi connectivity index (χ0) is 15.2. The molecule has 0 atom stereocenters. The van der Waals surface area contributed by atoms with Crippen molar-refractivity contribution in [2.75, 3.05) is 26.7 Å². The van der Waals surface area contributed by atoms with E-state index in [-0.39, 0.29) is 0 Å². The van der Waals surface area contributed by atoms with Crippen LogP contribution in [-0.2, 0) is 11.2 Å². The van der Waals surface area contributed by atoms with Crippen molar-refractivity contribution in [2.45, 2.75) is 46.0 Å². The van der Waals surface area contributed by atoms with Crippen LogP contribution in [0.1, 0.15) is 41.0 Å².